The molecular formula is C14H18ClN3. The Balaban J connectivity index is 1.99. The van der Waals surface area contributed by atoms with E-state index in [9.17, 15) is 0 Å². The third kappa shape index (κ3) is 3.59. The van der Waals surface area contributed by atoms with E-state index in [0.29, 0.717) is 5.92 Å². The quantitative estimate of drug-likeness (QED) is 0.867. The Bertz CT molecular complexity index is 488. The van der Waals surface area contributed by atoms with Gasteiger partial charge in [-0.3, -0.25) is 0 Å². The summed E-state index contributed by atoms with van der Waals surface area (Å²) in [6.07, 6.45) is 1.86. The third-order valence-corrected chi connectivity index (χ3v) is 2.88. The summed E-state index contributed by atoms with van der Waals surface area (Å²) in [5.74, 6) is 1.61. The fourth-order valence-electron chi connectivity index (χ4n) is 1.71. The van der Waals surface area contributed by atoms with E-state index in [2.05, 4.69) is 29.1 Å². The lowest BCUT2D eigenvalue weighted by atomic mass is 10.2. The van der Waals surface area contributed by atoms with Crippen LogP contribution in [-0.2, 0) is 6.54 Å². The number of aromatic nitrogens is 2. The molecule has 0 bridgehead atoms. The maximum atomic E-state index is 5.87. The zero-order chi connectivity index (χ0) is 13.0. The van der Waals surface area contributed by atoms with Gasteiger partial charge in [-0.1, -0.05) is 37.6 Å². The highest BCUT2D eigenvalue weighted by atomic mass is 35.5. The van der Waals surface area contributed by atoms with E-state index in [-0.39, 0.29) is 0 Å². The Morgan fingerprint density at radius 2 is 2.00 bits per heavy atom. The van der Waals surface area contributed by atoms with Gasteiger partial charge in [-0.25, -0.2) is 4.98 Å². The number of imidazole rings is 1. The van der Waals surface area contributed by atoms with Crippen molar-refractivity contribution in [3.63, 3.8) is 0 Å². The van der Waals surface area contributed by atoms with Gasteiger partial charge in [-0.05, 0) is 30.2 Å². The van der Waals surface area contributed by atoms with Gasteiger partial charge in [-0.2, -0.15) is 0 Å². The van der Waals surface area contributed by atoms with Gasteiger partial charge in [0.2, 0.25) is 0 Å². The topological polar surface area (TPSA) is 40.7 Å². The SMILES string of the molecule is CC(C)CNCc1ncc(-c2ccc(Cl)cc2)[nH]1. The molecule has 0 saturated heterocycles. The van der Waals surface area contributed by atoms with Gasteiger partial charge in [0.1, 0.15) is 5.82 Å². The van der Waals surface area contributed by atoms with Gasteiger partial charge in [0.05, 0.1) is 18.4 Å². The highest BCUT2D eigenvalue weighted by molar-refractivity contribution is 6.30. The molecule has 0 aliphatic carbocycles. The molecule has 0 radical (unpaired) electrons. The fraction of sp³-hybridized carbons (Fsp3) is 0.357. The average molecular weight is 264 g/mol. The number of nitrogens with zero attached hydrogens (tertiary/aromatic N) is 1. The van der Waals surface area contributed by atoms with Crippen LogP contribution in [0.4, 0.5) is 0 Å². The minimum absolute atomic E-state index is 0.649. The lowest BCUT2D eigenvalue weighted by Gasteiger charge is -2.04. The molecule has 0 amide bonds. The monoisotopic (exact) mass is 263 g/mol. The van der Waals surface area contributed by atoms with E-state index in [0.717, 1.165) is 35.2 Å². The molecule has 0 fully saturated rings. The normalized spacial score (nSPS) is 11.1. The fourth-order valence-corrected chi connectivity index (χ4v) is 1.83. The molecular weight excluding hydrogens is 246 g/mol. The van der Waals surface area contributed by atoms with Crippen LogP contribution in [0.2, 0.25) is 5.02 Å². The Kier molecular flexibility index (Phi) is 4.39. The molecule has 3 nitrogen and oxygen atoms in total. The van der Waals surface area contributed by atoms with Crippen LogP contribution in [0.1, 0.15) is 19.7 Å². The second kappa shape index (κ2) is 6.03. The maximum absolute atomic E-state index is 5.87. The van der Waals surface area contributed by atoms with Crippen LogP contribution in [0.15, 0.2) is 30.5 Å². The number of benzene rings is 1. The zero-order valence-electron chi connectivity index (χ0n) is 10.7. The number of hydrogen-bond donors (Lipinski definition) is 2. The number of halogens is 1. The van der Waals surface area contributed by atoms with Crippen molar-refractivity contribution in [1.82, 2.24) is 15.3 Å². The summed E-state index contributed by atoms with van der Waals surface area (Å²) in [5.41, 5.74) is 2.12. The molecule has 0 atom stereocenters. The third-order valence-electron chi connectivity index (χ3n) is 2.63. The van der Waals surface area contributed by atoms with Gasteiger partial charge in [0, 0.05) is 5.02 Å². The smallest absolute Gasteiger partial charge is 0.120 e. The Labute approximate surface area is 113 Å². The highest BCUT2D eigenvalue weighted by Crippen LogP contribution is 2.19. The number of rotatable bonds is 5. The predicted molar refractivity (Wildman–Crippen MR) is 75.6 cm³/mol. The molecule has 1 aromatic heterocycles. The van der Waals surface area contributed by atoms with Crippen LogP contribution in [0.25, 0.3) is 11.3 Å². The van der Waals surface area contributed by atoms with Crippen molar-refractivity contribution in [1.29, 1.82) is 0 Å². The molecule has 0 unspecified atom stereocenters. The van der Waals surface area contributed by atoms with Gasteiger partial charge >= 0.3 is 0 Å². The van der Waals surface area contributed by atoms with Crippen LogP contribution in [-0.4, -0.2) is 16.5 Å². The zero-order valence-corrected chi connectivity index (χ0v) is 11.5. The van der Waals surface area contributed by atoms with Crippen molar-refractivity contribution < 1.29 is 0 Å². The maximum Gasteiger partial charge on any atom is 0.120 e. The molecule has 2 rings (SSSR count). The highest BCUT2D eigenvalue weighted by Gasteiger charge is 2.03. The minimum atomic E-state index is 0.649. The van der Waals surface area contributed by atoms with E-state index >= 15 is 0 Å². The van der Waals surface area contributed by atoms with Crippen molar-refractivity contribution in [2.24, 2.45) is 5.92 Å². The number of H-pyrrole nitrogens is 1. The van der Waals surface area contributed by atoms with Crippen LogP contribution in [0.3, 0.4) is 0 Å². The number of hydrogen-bond acceptors (Lipinski definition) is 2. The van der Waals surface area contributed by atoms with Crippen molar-refractivity contribution in [2.75, 3.05) is 6.54 Å². The van der Waals surface area contributed by atoms with Crippen LogP contribution < -0.4 is 5.32 Å². The number of nitrogens with one attached hydrogen (secondary N) is 2. The standard InChI is InChI=1S/C14H18ClN3/c1-10(2)7-16-9-14-17-8-13(18-14)11-3-5-12(15)6-4-11/h3-6,8,10,16H,7,9H2,1-2H3,(H,17,18). The van der Waals surface area contributed by atoms with E-state index in [1.807, 2.05) is 30.5 Å². The predicted octanol–water partition coefficient (Wildman–Crippen LogP) is 3.48. The van der Waals surface area contributed by atoms with Crippen LogP contribution in [0, 0.1) is 5.92 Å². The first-order valence-electron chi connectivity index (χ1n) is 6.15. The first kappa shape index (κ1) is 13.1. The van der Waals surface area contributed by atoms with E-state index < -0.39 is 0 Å². The summed E-state index contributed by atoms with van der Waals surface area (Å²) < 4.78 is 0. The molecule has 2 N–H and O–H groups in total. The van der Waals surface area contributed by atoms with Crippen molar-refractivity contribution in [2.45, 2.75) is 20.4 Å². The minimum Gasteiger partial charge on any atom is -0.341 e. The summed E-state index contributed by atoms with van der Waals surface area (Å²) >= 11 is 5.87. The molecule has 0 aliphatic heterocycles. The van der Waals surface area contributed by atoms with Gasteiger partial charge in [-0.15, -0.1) is 0 Å². The van der Waals surface area contributed by atoms with E-state index in [1.54, 1.807) is 0 Å². The van der Waals surface area contributed by atoms with Gasteiger partial charge in [0.25, 0.3) is 0 Å². The molecule has 4 heteroatoms. The molecule has 0 aliphatic rings. The largest absolute Gasteiger partial charge is 0.341 e. The average Bonchev–Trinajstić information content (AvgIpc) is 2.78. The molecule has 0 saturated carbocycles. The molecule has 1 aromatic carbocycles. The van der Waals surface area contributed by atoms with Crippen molar-refractivity contribution >= 4 is 11.6 Å². The lowest BCUT2D eigenvalue weighted by Crippen LogP contribution is -2.19. The first-order valence-corrected chi connectivity index (χ1v) is 6.53. The van der Waals surface area contributed by atoms with E-state index in [1.165, 1.54) is 0 Å². The lowest BCUT2D eigenvalue weighted by molar-refractivity contribution is 0.545. The molecule has 0 spiro atoms. The Morgan fingerprint density at radius 3 is 2.67 bits per heavy atom. The summed E-state index contributed by atoms with van der Waals surface area (Å²) in [6, 6.07) is 7.74. The number of aromatic amines is 1. The Morgan fingerprint density at radius 1 is 1.28 bits per heavy atom. The Hall–Kier alpha value is -1.32. The van der Waals surface area contributed by atoms with Crippen LogP contribution >= 0.6 is 11.6 Å². The summed E-state index contributed by atoms with van der Waals surface area (Å²) in [6.45, 7) is 6.14. The summed E-state index contributed by atoms with van der Waals surface area (Å²) in [4.78, 5) is 7.67. The van der Waals surface area contributed by atoms with E-state index in [4.69, 9.17) is 11.6 Å². The molecule has 18 heavy (non-hydrogen) atoms. The van der Waals surface area contributed by atoms with Gasteiger partial charge < -0.3 is 10.3 Å². The molecule has 1 heterocycles. The van der Waals surface area contributed by atoms with Crippen molar-refractivity contribution in [3.05, 3.63) is 41.3 Å². The van der Waals surface area contributed by atoms with Gasteiger partial charge in [0.15, 0.2) is 0 Å². The van der Waals surface area contributed by atoms with Crippen LogP contribution in [0.5, 0.6) is 0 Å². The second-order valence-electron chi connectivity index (χ2n) is 4.78. The molecule has 96 valence electrons. The summed E-state index contributed by atoms with van der Waals surface area (Å²) in [5, 5.41) is 4.11. The van der Waals surface area contributed by atoms with Crippen molar-refractivity contribution in [3.8, 4) is 11.3 Å². The second-order valence-corrected chi connectivity index (χ2v) is 5.21. The first-order chi connectivity index (χ1) is 8.65. The molecule has 2 aromatic rings. The summed E-state index contributed by atoms with van der Waals surface area (Å²) in [7, 11) is 0.